The van der Waals surface area contributed by atoms with Crippen molar-refractivity contribution in [3.63, 3.8) is 0 Å². The van der Waals surface area contributed by atoms with Crippen molar-refractivity contribution in [2.45, 2.75) is 51.0 Å². The predicted octanol–water partition coefficient (Wildman–Crippen LogP) is 2.93. The predicted molar refractivity (Wildman–Crippen MR) is 62.7 cm³/mol. The molecule has 0 atom stereocenters. The third kappa shape index (κ3) is 2.05. The highest BCUT2D eigenvalue weighted by Crippen LogP contribution is 2.35. The number of hydrogen-bond acceptors (Lipinski definition) is 2. The molecule has 0 aliphatic heterocycles. The molecule has 1 aliphatic rings. The van der Waals surface area contributed by atoms with Gasteiger partial charge in [0.25, 0.3) is 0 Å². The van der Waals surface area contributed by atoms with Crippen molar-refractivity contribution >= 4 is 0 Å². The Labute approximate surface area is 91.9 Å². The molecule has 0 amide bonds. The van der Waals surface area contributed by atoms with E-state index in [9.17, 15) is 0 Å². The van der Waals surface area contributed by atoms with E-state index in [1.807, 2.05) is 6.20 Å². The zero-order chi connectivity index (χ0) is 10.9. The Morgan fingerprint density at radius 3 is 2.40 bits per heavy atom. The van der Waals surface area contributed by atoms with Crippen LogP contribution in [0.1, 0.15) is 56.7 Å². The first kappa shape index (κ1) is 10.6. The summed E-state index contributed by atoms with van der Waals surface area (Å²) in [6.07, 6.45) is 6.63. The van der Waals surface area contributed by atoms with Gasteiger partial charge in [-0.2, -0.15) is 0 Å². The second-order valence-electron chi connectivity index (χ2n) is 4.99. The molecule has 0 aromatic carbocycles. The van der Waals surface area contributed by atoms with Gasteiger partial charge in [-0.15, -0.1) is 0 Å². The maximum atomic E-state index is 6.34. The Bertz CT molecular complexity index is 321. The summed E-state index contributed by atoms with van der Waals surface area (Å²) in [4.78, 5) is 4.53. The molecule has 1 aliphatic carbocycles. The van der Waals surface area contributed by atoms with Crippen LogP contribution >= 0.6 is 0 Å². The molecular formula is C13H20N2. The molecule has 2 heteroatoms. The van der Waals surface area contributed by atoms with Crippen LogP contribution < -0.4 is 5.73 Å². The first-order chi connectivity index (χ1) is 7.12. The lowest BCUT2D eigenvalue weighted by Crippen LogP contribution is -2.34. The minimum Gasteiger partial charge on any atom is -0.320 e. The Kier molecular flexibility index (Phi) is 2.79. The van der Waals surface area contributed by atoms with Gasteiger partial charge in [0.1, 0.15) is 0 Å². The van der Waals surface area contributed by atoms with Crippen molar-refractivity contribution in [3.8, 4) is 0 Å². The highest BCUT2D eigenvalue weighted by Gasteiger charge is 2.32. The monoisotopic (exact) mass is 204 g/mol. The van der Waals surface area contributed by atoms with Gasteiger partial charge in [0.05, 0.1) is 11.2 Å². The van der Waals surface area contributed by atoms with Crippen LogP contribution in [0.2, 0.25) is 0 Å². The van der Waals surface area contributed by atoms with Crippen LogP contribution in [0.3, 0.4) is 0 Å². The van der Waals surface area contributed by atoms with Crippen molar-refractivity contribution in [1.82, 2.24) is 4.98 Å². The number of rotatable bonds is 2. The average molecular weight is 204 g/mol. The number of pyridine rings is 1. The van der Waals surface area contributed by atoms with E-state index >= 15 is 0 Å². The third-order valence-electron chi connectivity index (χ3n) is 3.46. The van der Waals surface area contributed by atoms with Crippen LogP contribution in [0.15, 0.2) is 18.3 Å². The van der Waals surface area contributed by atoms with Crippen LogP contribution in [0, 0.1) is 0 Å². The van der Waals surface area contributed by atoms with Gasteiger partial charge in [-0.1, -0.05) is 32.8 Å². The number of aromatic nitrogens is 1. The topological polar surface area (TPSA) is 38.9 Å². The van der Waals surface area contributed by atoms with Gasteiger partial charge in [-0.05, 0) is 30.4 Å². The second kappa shape index (κ2) is 3.93. The minimum absolute atomic E-state index is 0.143. The Balaban J connectivity index is 2.23. The van der Waals surface area contributed by atoms with Gasteiger partial charge in [0.2, 0.25) is 0 Å². The summed E-state index contributed by atoms with van der Waals surface area (Å²) in [6.45, 7) is 4.37. The molecule has 82 valence electrons. The summed E-state index contributed by atoms with van der Waals surface area (Å²) in [7, 11) is 0. The zero-order valence-corrected chi connectivity index (χ0v) is 9.66. The molecule has 0 saturated heterocycles. The second-order valence-corrected chi connectivity index (χ2v) is 4.99. The zero-order valence-electron chi connectivity index (χ0n) is 9.66. The SMILES string of the molecule is CC(C)c1ccc(C2(N)CCCC2)nc1. The van der Waals surface area contributed by atoms with Crippen LogP contribution in [0.4, 0.5) is 0 Å². The summed E-state index contributed by atoms with van der Waals surface area (Å²) >= 11 is 0. The molecule has 0 bridgehead atoms. The molecule has 0 unspecified atom stereocenters. The van der Waals surface area contributed by atoms with Gasteiger partial charge in [0.15, 0.2) is 0 Å². The van der Waals surface area contributed by atoms with Gasteiger partial charge in [-0.3, -0.25) is 4.98 Å². The van der Waals surface area contributed by atoms with E-state index in [1.165, 1.54) is 18.4 Å². The highest BCUT2D eigenvalue weighted by molar-refractivity contribution is 5.22. The highest BCUT2D eigenvalue weighted by atomic mass is 14.8. The van der Waals surface area contributed by atoms with E-state index in [4.69, 9.17) is 5.73 Å². The van der Waals surface area contributed by atoms with Gasteiger partial charge in [-0.25, -0.2) is 0 Å². The number of nitrogens with two attached hydrogens (primary N) is 1. The maximum Gasteiger partial charge on any atom is 0.0602 e. The van der Waals surface area contributed by atoms with Crippen molar-refractivity contribution < 1.29 is 0 Å². The van der Waals surface area contributed by atoms with Crippen LogP contribution in [-0.4, -0.2) is 4.98 Å². The maximum absolute atomic E-state index is 6.34. The summed E-state index contributed by atoms with van der Waals surface area (Å²) in [5.74, 6) is 0.545. The molecule has 15 heavy (non-hydrogen) atoms. The third-order valence-corrected chi connectivity index (χ3v) is 3.46. The van der Waals surface area contributed by atoms with E-state index in [0.717, 1.165) is 18.5 Å². The Hall–Kier alpha value is -0.890. The molecule has 1 aromatic rings. The molecule has 2 rings (SSSR count). The summed E-state index contributed by atoms with van der Waals surface area (Å²) in [5, 5.41) is 0. The summed E-state index contributed by atoms with van der Waals surface area (Å²) in [6, 6.07) is 4.28. The summed E-state index contributed by atoms with van der Waals surface area (Å²) < 4.78 is 0. The first-order valence-corrected chi connectivity index (χ1v) is 5.87. The molecular weight excluding hydrogens is 184 g/mol. The summed E-state index contributed by atoms with van der Waals surface area (Å²) in [5.41, 5.74) is 8.57. The van der Waals surface area contributed by atoms with Crippen molar-refractivity contribution in [2.75, 3.05) is 0 Å². The van der Waals surface area contributed by atoms with Crippen molar-refractivity contribution in [3.05, 3.63) is 29.6 Å². The van der Waals surface area contributed by atoms with Crippen molar-refractivity contribution in [1.29, 1.82) is 0 Å². The fourth-order valence-corrected chi connectivity index (χ4v) is 2.30. The van der Waals surface area contributed by atoms with E-state index < -0.39 is 0 Å². The first-order valence-electron chi connectivity index (χ1n) is 5.87. The van der Waals surface area contributed by atoms with Crippen molar-refractivity contribution in [2.24, 2.45) is 5.73 Å². The van der Waals surface area contributed by atoms with Crippen LogP contribution in [0.5, 0.6) is 0 Å². The smallest absolute Gasteiger partial charge is 0.0602 e. The minimum atomic E-state index is -0.143. The van der Waals surface area contributed by atoms with Crippen LogP contribution in [0.25, 0.3) is 0 Å². The lowest BCUT2D eigenvalue weighted by atomic mass is 9.93. The largest absolute Gasteiger partial charge is 0.320 e. The van der Waals surface area contributed by atoms with Gasteiger partial charge >= 0.3 is 0 Å². The van der Waals surface area contributed by atoms with Gasteiger partial charge in [0, 0.05) is 6.20 Å². The van der Waals surface area contributed by atoms with Crippen LogP contribution in [-0.2, 0) is 5.54 Å². The quantitative estimate of drug-likeness (QED) is 0.804. The molecule has 2 nitrogen and oxygen atoms in total. The fourth-order valence-electron chi connectivity index (χ4n) is 2.30. The average Bonchev–Trinajstić information content (AvgIpc) is 2.67. The molecule has 1 heterocycles. The van der Waals surface area contributed by atoms with E-state index in [-0.39, 0.29) is 5.54 Å². The molecule has 1 fully saturated rings. The van der Waals surface area contributed by atoms with Gasteiger partial charge < -0.3 is 5.73 Å². The Morgan fingerprint density at radius 1 is 1.27 bits per heavy atom. The molecule has 1 saturated carbocycles. The molecule has 2 N–H and O–H groups in total. The van der Waals surface area contributed by atoms with E-state index in [2.05, 4.69) is 31.0 Å². The number of nitrogens with zero attached hydrogens (tertiary/aromatic N) is 1. The normalized spacial score (nSPS) is 19.7. The fraction of sp³-hybridized carbons (Fsp3) is 0.615. The Morgan fingerprint density at radius 2 is 1.93 bits per heavy atom. The lowest BCUT2D eigenvalue weighted by Gasteiger charge is -2.23. The standard InChI is InChI=1S/C13H20N2/c1-10(2)11-5-6-12(15-9-11)13(14)7-3-4-8-13/h5-6,9-10H,3-4,7-8,14H2,1-2H3. The molecule has 0 radical (unpaired) electrons. The molecule has 1 aromatic heterocycles. The molecule has 0 spiro atoms. The van der Waals surface area contributed by atoms with E-state index in [0.29, 0.717) is 5.92 Å². The van der Waals surface area contributed by atoms with E-state index in [1.54, 1.807) is 0 Å². The lowest BCUT2D eigenvalue weighted by molar-refractivity contribution is 0.447. The number of hydrogen-bond donors (Lipinski definition) is 1.